The Balaban J connectivity index is 1.94. The van der Waals surface area contributed by atoms with Gasteiger partial charge >= 0.3 is 6.18 Å². The van der Waals surface area contributed by atoms with Crippen LogP contribution >= 0.6 is 11.3 Å². The van der Waals surface area contributed by atoms with Crippen molar-refractivity contribution in [2.45, 2.75) is 32.4 Å². The first kappa shape index (κ1) is 15.5. The number of nitrogens with zero attached hydrogens (tertiary/aromatic N) is 1. The summed E-state index contributed by atoms with van der Waals surface area (Å²) in [6.45, 7) is 2.63. The minimum atomic E-state index is -4.15. The van der Waals surface area contributed by atoms with Gasteiger partial charge in [0.05, 0.1) is 17.3 Å². The van der Waals surface area contributed by atoms with Crippen LogP contribution in [-0.4, -0.2) is 36.5 Å². The lowest BCUT2D eigenvalue weighted by Gasteiger charge is -2.33. The van der Waals surface area contributed by atoms with E-state index in [0.29, 0.717) is 17.8 Å². The molecule has 1 aliphatic rings. The van der Waals surface area contributed by atoms with Crippen LogP contribution in [0, 0.1) is 5.92 Å². The SMILES string of the molecule is CCc1ccc(C(=O)CN2CCCC(C(F)(F)F)C2)s1. The van der Waals surface area contributed by atoms with Crippen LogP contribution in [0.1, 0.15) is 34.3 Å². The van der Waals surface area contributed by atoms with Gasteiger partial charge in [-0.25, -0.2) is 0 Å². The Hall–Kier alpha value is -0.880. The van der Waals surface area contributed by atoms with Crippen molar-refractivity contribution in [3.05, 3.63) is 21.9 Å². The molecule has 20 heavy (non-hydrogen) atoms. The van der Waals surface area contributed by atoms with Crippen molar-refractivity contribution in [1.82, 2.24) is 4.90 Å². The van der Waals surface area contributed by atoms with Gasteiger partial charge in [-0.15, -0.1) is 11.3 Å². The van der Waals surface area contributed by atoms with Gasteiger partial charge in [0.15, 0.2) is 5.78 Å². The van der Waals surface area contributed by atoms with E-state index in [2.05, 4.69) is 0 Å². The lowest BCUT2D eigenvalue weighted by molar-refractivity contribution is -0.186. The molecule has 0 bridgehead atoms. The van der Waals surface area contributed by atoms with Crippen molar-refractivity contribution < 1.29 is 18.0 Å². The van der Waals surface area contributed by atoms with Crippen molar-refractivity contribution in [3.8, 4) is 0 Å². The number of ketones is 1. The number of hydrogen-bond acceptors (Lipinski definition) is 3. The highest BCUT2D eigenvalue weighted by molar-refractivity contribution is 7.14. The summed E-state index contributed by atoms with van der Waals surface area (Å²) in [7, 11) is 0. The first-order valence-corrected chi connectivity index (χ1v) is 7.62. The zero-order valence-corrected chi connectivity index (χ0v) is 12.2. The van der Waals surface area contributed by atoms with Crippen molar-refractivity contribution >= 4 is 17.1 Å². The summed E-state index contributed by atoms with van der Waals surface area (Å²) in [6.07, 6.45) is -2.60. The molecule has 2 nitrogen and oxygen atoms in total. The Labute approximate surface area is 120 Å². The molecule has 0 saturated carbocycles. The number of rotatable bonds is 4. The van der Waals surface area contributed by atoms with E-state index < -0.39 is 12.1 Å². The van der Waals surface area contributed by atoms with Gasteiger partial charge in [0.1, 0.15) is 0 Å². The number of alkyl halides is 3. The maximum Gasteiger partial charge on any atom is 0.393 e. The van der Waals surface area contributed by atoms with Crippen molar-refractivity contribution in [1.29, 1.82) is 0 Å². The van der Waals surface area contributed by atoms with E-state index in [1.165, 1.54) is 11.3 Å². The molecule has 1 saturated heterocycles. The first-order chi connectivity index (χ1) is 9.40. The summed E-state index contributed by atoms with van der Waals surface area (Å²) < 4.78 is 38.1. The van der Waals surface area contributed by atoms with E-state index in [0.717, 1.165) is 11.3 Å². The fraction of sp³-hybridized carbons (Fsp3) is 0.643. The fourth-order valence-corrected chi connectivity index (χ4v) is 3.34. The van der Waals surface area contributed by atoms with Gasteiger partial charge in [0.2, 0.25) is 0 Å². The number of piperidine rings is 1. The number of halogens is 3. The molecule has 2 rings (SSSR count). The van der Waals surface area contributed by atoms with E-state index >= 15 is 0 Å². The molecule has 1 fully saturated rings. The third-order valence-corrected chi connectivity index (χ3v) is 4.89. The molecule has 112 valence electrons. The number of thiophene rings is 1. The predicted octanol–water partition coefficient (Wildman–Crippen LogP) is 3.77. The molecule has 1 unspecified atom stereocenters. The topological polar surface area (TPSA) is 20.3 Å². The lowest BCUT2D eigenvalue weighted by atomic mass is 9.97. The summed E-state index contributed by atoms with van der Waals surface area (Å²) in [6, 6.07) is 3.68. The molecule has 0 aliphatic carbocycles. The lowest BCUT2D eigenvalue weighted by Crippen LogP contribution is -2.43. The molecule has 1 aromatic rings. The van der Waals surface area contributed by atoms with Crippen LogP contribution in [-0.2, 0) is 6.42 Å². The van der Waals surface area contributed by atoms with Crippen molar-refractivity contribution in [3.63, 3.8) is 0 Å². The van der Waals surface area contributed by atoms with Crippen molar-refractivity contribution in [2.24, 2.45) is 5.92 Å². The van der Waals surface area contributed by atoms with Crippen molar-refractivity contribution in [2.75, 3.05) is 19.6 Å². The van der Waals surface area contributed by atoms with Gasteiger partial charge in [0.25, 0.3) is 0 Å². The molecule has 0 amide bonds. The standard InChI is InChI=1S/C14H18F3NOS/c1-2-11-5-6-13(20-11)12(19)9-18-7-3-4-10(8-18)14(15,16)17/h5-6,10H,2-4,7-9H2,1H3. The number of likely N-dealkylation sites (tertiary alicyclic amines) is 1. The second-order valence-electron chi connectivity index (χ2n) is 5.16. The predicted molar refractivity (Wildman–Crippen MR) is 73.2 cm³/mol. The minimum absolute atomic E-state index is 0.0543. The number of hydrogen-bond donors (Lipinski definition) is 0. The first-order valence-electron chi connectivity index (χ1n) is 6.81. The van der Waals surface area contributed by atoms with E-state index in [9.17, 15) is 18.0 Å². The van der Waals surface area contributed by atoms with Gasteiger partial charge in [-0.1, -0.05) is 6.92 Å². The Bertz CT molecular complexity index is 469. The number of carbonyl (C=O) groups excluding carboxylic acids is 1. The highest BCUT2D eigenvalue weighted by atomic mass is 32.1. The third kappa shape index (κ3) is 3.82. The van der Waals surface area contributed by atoms with Gasteiger partial charge < -0.3 is 0 Å². The van der Waals surface area contributed by atoms with Gasteiger partial charge in [-0.3, -0.25) is 9.69 Å². The average molecular weight is 305 g/mol. The van der Waals surface area contributed by atoms with Crippen LogP contribution in [0.25, 0.3) is 0 Å². The maximum atomic E-state index is 12.7. The van der Waals surface area contributed by atoms with Gasteiger partial charge in [0, 0.05) is 11.4 Å². The number of carbonyl (C=O) groups is 1. The highest BCUT2D eigenvalue weighted by Gasteiger charge is 2.41. The normalized spacial score (nSPS) is 21.1. The van der Waals surface area contributed by atoms with E-state index in [-0.39, 0.29) is 25.3 Å². The van der Waals surface area contributed by atoms with Crippen LogP contribution < -0.4 is 0 Å². The number of aryl methyl sites for hydroxylation is 1. The summed E-state index contributed by atoms with van der Waals surface area (Å²) in [4.78, 5) is 15.5. The molecule has 2 heterocycles. The fourth-order valence-electron chi connectivity index (χ4n) is 2.47. The molecular formula is C14H18F3NOS. The van der Waals surface area contributed by atoms with E-state index in [1.54, 1.807) is 11.0 Å². The molecule has 0 spiro atoms. The molecule has 6 heteroatoms. The van der Waals surface area contributed by atoms with Crippen LogP contribution in [0.15, 0.2) is 12.1 Å². The molecule has 0 aromatic carbocycles. The molecule has 0 radical (unpaired) electrons. The smallest absolute Gasteiger partial charge is 0.295 e. The Morgan fingerprint density at radius 1 is 1.45 bits per heavy atom. The second kappa shape index (κ2) is 6.26. The van der Waals surface area contributed by atoms with Crippen LogP contribution in [0.4, 0.5) is 13.2 Å². The molecular weight excluding hydrogens is 287 g/mol. The molecule has 1 atom stereocenters. The molecule has 0 N–H and O–H groups in total. The van der Waals surface area contributed by atoms with Gasteiger partial charge in [-0.2, -0.15) is 13.2 Å². The van der Waals surface area contributed by atoms with Gasteiger partial charge in [-0.05, 0) is 37.9 Å². The average Bonchev–Trinajstić information content (AvgIpc) is 2.87. The maximum absolute atomic E-state index is 12.7. The minimum Gasteiger partial charge on any atom is -0.295 e. The van der Waals surface area contributed by atoms with Crippen LogP contribution in [0.3, 0.4) is 0 Å². The Morgan fingerprint density at radius 3 is 2.80 bits per heavy atom. The molecule has 1 aliphatic heterocycles. The largest absolute Gasteiger partial charge is 0.393 e. The Morgan fingerprint density at radius 2 is 2.20 bits per heavy atom. The monoisotopic (exact) mass is 305 g/mol. The Kier molecular flexibility index (Phi) is 4.86. The molecule has 1 aromatic heterocycles. The van der Waals surface area contributed by atoms with E-state index in [1.807, 2.05) is 13.0 Å². The van der Waals surface area contributed by atoms with Crippen LogP contribution in [0.2, 0.25) is 0 Å². The quantitative estimate of drug-likeness (QED) is 0.789. The zero-order valence-electron chi connectivity index (χ0n) is 11.4. The van der Waals surface area contributed by atoms with Crippen LogP contribution in [0.5, 0.6) is 0 Å². The summed E-state index contributed by atoms with van der Waals surface area (Å²) >= 11 is 1.44. The third-order valence-electron chi connectivity index (χ3n) is 3.62. The zero-order chi connectivity index (χ0) is 14.8. The number of Topliss-reactive ketones (excluding diaryl/α,β-unsaturated/α-hetero) is 1. The highest BCUT2D eigenvalue weighted by Crippen LogP contribution is 2.33. The summed E-state index contributed by atoms with van der Waals surface area (Å²) in [5.41, 5.74) is 0. The van der Waals surface area contributed by atoms with E-state index in [4.69, 9.17) is 0 Å². The second-order valence-corrected chi connectivity index (χ2v) is 6.33. The summed E-state index contributed by atoms with van der Waals surface area (Å²) in [5, 5.41) is 0. The summed E-state index contributed by atoms with van der Waals surface area (Å²) in [5.74, 6) is -1.36.